The van der Waals surface area contributed by atoms with Crippen molar-refractivity contribution >= 4 is 44.3 Å². The third kappa shape index (κ3) is 2.26. The third-order valence-electron chi connectivity index (χ3n) is 2.70. The SMILES string of the molecule is Nc1cc(Br)ccc1Sc1cc2ccccc2[nH]1. The molecule has 90 valence electrons. The Morgan fingerprint density at radius 2 is 1.89 bits per heavy atom. The molecule has 3 N–H and O–H groups in total. The molecule has 0 aliphatic carbocycles. The number of aromatic amines is 1. The monoisotopic (exact) mass is 318 g/mol. The van der Waals surface area contributed by atoms with Gasteiger partial charge in [-0.15, -0.1) is 0 Å². The highest BCUT2D eigenvalue weighted by Crippen LogP contribution is 2.34. The fraction of sp³-hybridized carbons (Fsp3) is 0. The van der Waals surface area contributed by atoms with Crippen molar-refractivity contribution in [3.63, 3.8) is 0 Å². The predicted molar refractivity (Wildman–Crippen MR) is 81.0 cm³/mol. The lowest BCUT2D eigenvalue weighted by Crippen LogP contribution is -1.87. The van der Waals surface area contributed by atoms with Crippen molar-refractivity contribution in [2.75, 3.05) is 5.73 Å². The molecule has 1 heterocycles. The molecule has 0 unspecified atom stereocenters. The van der Waals surface area contributed by atoms with E-state index in [9.17, 15) is 0 Å². The molecule has 3 rings (SSSR count). The van der Waals surface area contributed by atoms with Crippen LogP contribution in [0.4, 0.5) is 5.69 Å². The Balaban J connectivity index is 1.96. The zero-order valence-corrected chi connectivity index (χ0v) is 11.9. The standard InChI is InChI=1S/C14H11BrN2S/c15-10-5-6-13(11(16)8-10)18-14-7-9-3-1-2-4-12(9)17-14/h1-8,17H,16H2. The van der Waals surface area contributed by atoms with E-state index in [1.165, 1.54) is 5.39 Å². The van der Waals surface area contributed by atoms with E-state index in [1.54, 1.807) is 11.8 Å². The Labute approximate surface area is 118 Å². The van der Waals surface area contributed by atoms with Crippen LogP contribution in [0.2, 0.25) is 0 Å². The van der Waals surface area contributed by atoms with Crippen molar-refractivity contribution in [1.29, 1.82) is 0 Å². The molecule has 0 radical (unpaired) electrons. The first-order chi connectivity index (χ1) is 8.72. The van der Waals surface area contributed by atoms with Gasteiger partial charge in [0.1, 0.15) is 0 Å². The summed E-state index contributed by atoms with van der Waals surface area (Å²) in [5, 5.41) is 2.32. The van der Waals surface area contributed by atoms with Crippen molar-refractivity contribution in [1.82, 2.24) is 4.98 Å². The number of hydrogen-bond donors (Lipinski definition) is 2. The largest absolute Gasteiger partial charge is 0.398 e. The maximum absolute atomic E-state index is 6.00. The van der Waals surface area contributed by atoms with Crippen LogP contribution in [-0.2, 0) is 0 Å². The van der Waals surface area contributed by atoms with Crippen LogP contribution in [0.1, 0.15) is 0 Å². The lowest BCUT2D eigenvalue weighted by molar-refractivity contribution is 1.23. The van der Waals surface area contributed by atoms with E-state index < -0.39 is 0 Å². The highest BCUT2D eigenvalue weighted by atomic mass is 79.9. The Morgan fingerprint density at radius 3 is 2.67 bits per heavy atom. The molecule has 0 aliphatic heterocycles. The minimum absolute atomic E-state index is 0.785. The number of nitrogens with two attached hydrogens (primary N) is 1. The van der Waals surface area contributed by atoms with E-state index >= 15 is 0 Å². The maximum Gasteiger partial charge on any atom is 0.0781 e. The van der Waals surface area contributed by atoms with E-state index in [0.717, 1.165) is 25.6 Å². The molecule has 2 nitrogen and oxygen atoms in total. The topological polar surface area (TPSA) is 41.8 Å². The molecule has 0 amide bonds. The molecule has 0 aliphatic rings. The third-order valence-corrected chi connectivity index (χ3v) is 4.22. The summed E-state index contributed by atoms with van der Waals surface area (Å²) < 4.78 is 1.00. The van der Waals surface area contributed by atoms with E-state index in [1.807, 2.05) is 30.3 Å². The van der Waals surface area contributed by atoms with Gasteiger partial charge in [0.2, 0.25) is 0 Å². The van der Waals surface area contributed by atoms with Crippen LogP contribution in [0.3, 0.4) is 0 Å². The van der Waals surface area contributed by atoms with Crippen LogP contribution in [0.15, 0.2) is 62.9 Å². The van der Waals surface area contributed by atoms with Crippen molar-refractivity contribution < 1.29 is 0 Å². The van der Waals surface area contributed by atoms with Crippen LogP contribution >= 0.6 is 27.7 Å². The second-order valence-electron chi connectivity index (χ2n) is 4.01. The summed E-state index contributed by atoms with van der Waals surface area (Å²) in [6.07, 6.45) is 0. The molecular formula is C14H11BrN2S. The number of benzene rings is 2. The Hall–Kier alpha value is -1.39. The van der Waals surface area contributed by atoms with Crippen LogP contribution in [0.25, 0.3) is 10.9 Å². The van der Waals surface area contributed by atoms with Crippen molar-refractivity contribution in [2.45, 2.75) is 9.92 Å². The number of anilines is 1. The summed E-state index contributed by atoms with van der Waals surface area (Å²) in [6.45, 7) is 0. The zero-order valence-electron chi connectivity index (χ0n) is 9.48. The number of hydrogen-bond acceptors (Lipinski definition) is 2. The summed E-state index contributed by atoms with van der Waals surface area (Å²) in [5.41, 5.74) is 7.93. The van der Waals surface area contributed by atoms with Crippen molar-refractivity contribution in [3.05, 3.63) is 53.0 Å². The first-order valence-electron chi connectivity index (χ1n) is 5.53. The molecule has 0 atom stereocenters. The van der Waals surface area contributed by atoms with Gasteiger partial charge in [0.25, 0.3) is 0 Å². The molecule has 0 spiro atoms. The number of fused-ring (bicyclic) bond motifs is 1. The number of halogens is 1. The summed E-state index contributed by atoms with van der Waals surface area (Å²) in [4.78, 5) is 4.44. The molecule has 0 saturated carbocycles. The van der Waals surface area contributed by atoms with Gasteiger partial charge in [0, 0.05) is 26.0 Å². The molecule has 4 heteroatoms. The molecule has 2 aromatic carbocycles. The molecule has 0 bridgehead atoms. The van der Waals surface area contributed by atoms with Crippen molar-refractivity contribution in [3.8, 4) is 0 Å². The van der Waals surface area contributed by atoms with Gasteiger partial charge in [-0.2, -0.15) is 0 Å². The summed E-state index contributed by atoms with van der Waals surface area (Å²) in [7, 11) is 0. The molecule has 18 heavy (non-hydrogen) atoms. The van der Waals surface area contributed by atoms with Gasteiger partial charge < -0.3 is 10.7 Å². The van der Waals surface area contributed by atoms with Crippen molar-refractivity contribution in [2.24, 2.45) is 0 Å². The Bertz CT molecular complexity index is 673. The smallest absolute Gasteiger partial charge is 0.0781 e. The van der Waals surface area contributed by atoms with E-state index in [2.05, 4.69) is 39.1 Å². The normalized spacial score (nSPS) is 10.9. The average molecular weight is 319 g/mol. The van der Waals surface area contributed by atoms with Gasteiger partial charge in [0.15, 0.2) is 0 Å². The number of nitrogen functional groups attached to an aromatic ring is 1. The van der Waals surface area contributed by atoms with Gasteiger partial charge >= 0.3 is 0 Å². The highest BCUT2D eigenvalue weighted by Gasteiger charge is 2.05. The van der Waals surface area contributed by atoms with Gasteiger partial charge in [-0.1, -0.05) is 45.9 Å². The fourth-order valence-corrected chi connectivity index (χ4v) is 3.11. The number of H-pyrrole nitrogens is 1. The number of aromatic nitrogens is 1. The minimum Gasteiger partial charge on any atom is -0.398 e. The van der Waals surface area contributed by atoms with Crippen LogP contribution in [0.5, 0.6) is 0 Å². The van der Waals surface area contributed by atoms with Crippen LogP contribution in [-0.4, -0.2) is 4.98 Å². The highest BCUT2D eigenvalue weighted by molar-refractivity contribution is 9.10. The first kappa shape index (κ1) is 11.7. The lowest BCUT2D eigenvalue weighted by Gasteiger charge is -2.03. The van der Waals surface area contributed by atoms with Crippen LogP contribution < -0.4 is 5.73 Å². The summed E-state index contributed by atoms with van der Waals surface area (Å²) in [5.74, 6) is 0. The number of rotatable bonds is 2. The van der Waals surface area contributed by atoms with Gasteiger partial charge in [0.05, 0.1) is 5.03 Å². The van der Waals surface area contributed by atoms with Gasteiger partial charge in [-0.3, -0.25) is 0 Å². The van der Waals surface area contributed by atoms with E-state index in [-0.39, 0.29) is 0 Å². The first-order valence-corrected chi connectivity index (χ1v) is 7.14. The average Bonchev–Trinajstić information content (AvgIpc) is 2.75. The van der Waals surface area contributed by atoms with E-state index in [4.69, 9.17) is 5.73 Å². The molecular weight excluding hydrogens is 308 g/mol. The molecule has 0 fully saturated rings. The predicted octanol–water partition coefficient (Wildman–Crippen LogP) is 4.66. The summed E-state index contributed by atoms with van der Waals surface area (Å²) >= 11 is 5.06. The maximum atomic E-state index is 6.00. The summed E-state index contributed by atoms with van der Waals surface area (Å²) in [6, 6.07) is 16.3. The fourth-order valence-electron chi connectivity index (χ4n) is 1.83. The Morgan fingerprint density at radius 1 is 1.06 bits per heavy atom. The lowest BCUT2D eigenvalue weighted by atomic mass is 10.3. The van der Waals surface area contributed by atoms with Gasteiger partial charge in [-0.25, -0.2) is 0 Å². The number of para-hydroxylation sites is 1. The van der Waals surface area contributed by atoms with Crippen LogP contribution in [0, 0.1) is 0 Å². The minimum atomic E-state index is 0.785. The van der Waals surface area contributed by atoms with E-state index in [0.29, 0.717) is 0 Å². The van der Waals surface area contributed by atoms with Gasteiger partial charge in [-0.05, 0) is 30.3 Å². The molecule has 1 aromatic heterocycles. The number of nitrogens with one attached hydrogen (secondary N) is 1. The quantitative estimate of drug-likeness (QED) is 0.674. The zero-order chi connectivity index (χ0) is 12.5. The molecule has 0 saturated heterocycles. The second kappa shape index (κ2) is 4.71. The Kier molecular flexibility index (Phi) is 3.06. The second-order valence-corrected chi connectivity index (χ2v) is 6.00. The molecule has 3 aromatic rings.